The fraction of sp³-hybridized carbons (Fsp3) is 0.400. The van der Waals surface area contributed by atoms with Gasteiger partial charge in [0, 0.05) is 13.1 Å². The number of nitrogens with zero attached hydrogens (tertiary/aromatic N) is 2. The van der Waals surface area contributed by atoms with Crippen molar-refractivity contribution in [3.8, 4) is 0 Å². The molecule has 3 amide bonds. The fourth-order valence-electron chi connectivity index (χ4n) is 2.85. The zero-order valence-corrected chi connectivity index (χ0v) is 13.7. The average molecular weight is 356 g/mol. The van der Waals surface area contributed by atoms with E-state index >= 15 is 0 Å². The first kappa shape index (κ1) is 16.1. The molecule has 0 aliphatic carbocycles. The van der Waals surface area contributed by atoms with Crippen molar-refractivity contribution in [3.05, 3.63) is 33.8 Å². The van der Waals surface area contributed by atoms with E-state index in [1.807, 2.05) is 0 Å². The van der Waals surface area contributed by atoms with Gasteiger partial charge in [-0.05, 0) is 17.7 Å². The monoisotopic (exact) mass is 355 g/mol. The molecule has 0 unspecified atom stereocenters. The molecule has 0 aromatic heterocycles. The predicted molar refractivity (Wildman–Crippen MR) is 85.3 cm³/mol. The highest BCUT2D eigenvalue weighted by Crippen LogP contribution is 2.23. The van der Waals surface area contributed by atoms with E-state index in [1.54, 1.807) is 28.0 Å². The van der Waals surface area contributed by atoms with Gasteiger partial charge in [-0.2, -0.15) is 0 Å². The largest absolute Gasteiger partial charge is 0.345 e. The van der Waals surface area contributed by atoms with Crippen LogP contribution in [0.1, 0.15) is 5.56 Å². The maximum atomic E-state index is 12.4. The number of carbonyl (C=O) groups excluding carboxylic acids is 3. The number of benzene rings is 1. The van der Waals surface area contributed by atoms with Crippen molar-refractivity contribution in [2.24, 2.45) is 0 Å². The van der Waals surface area contributed by atoms with E-state index in [9.17, 15) is 14.4 Å². The van der Waals surface area contributed by atoms with Gasteiger partial charge in [-0.1, -0.05) is 29.3 Å². The minimum absolute atomic E-state index is 0.0343. The average Bonchev–Trinajstić information content (AvgIpc) is 2.54. The summed E-state index contributed by atoms with van der Waals surface area (Å²) in [5, 5.41) is 3.39. The van der Waals surface area contributed by atoms with Gasteiger partial charge in [0.25, 0.3) is 0 Å². The molecule has 122 valence electrons. The predicted octanol–water partition coefficient (Wildman–Crippen LogP) is 0.705. The van der Waals surface area contributed by atoms with Gasteiger partial charge in [-0.15, -0.1) is 0 Å². The topological polar surface area (TPSA) is 69.7 Å². The molecule has 8 heteroatoms. The molecule has 2 heterocycles. The van der Waals surface area contributed by atoms with E-state index in [0.717, 1.165) is 5.56 Å². The number of halogens is 2. The number of hydrogen-bond donors (Lipinski definition) is 1. The van der Waals surface area contributed by atoms with Crippen LogP contribution < -0.4 is 5.32 Å². The quantitative estimate of drug-likeness (QED) is 0.849. The number of carbonyl (C=O) groups is 3. The summed E-state index contributed by atoms with van der Waals surface area (Å²) in [6, 6.07) is 4.47. The Morgan fingerprint density at radius 1 is 1.22 bits per heavy atom. The molecular weight excluding hydrogens is 341 g/mol. The minimum atomic E-state index is -0.595. The minimum Gasteiger partial charge on any atom is -0.345 e. The Morgan fingerprint density at radius 2 is 2.00 bits per heavy atom. The number of rotatable bonds is 2. The third-order valence-corrected chi connectivity index (χ3v) is 4.85. The Labute approximate surface area is 143 Å². The Morgan fingerprint density at radius 3 is 2.74 bits per heavy atom. The van der Waals surface area contributed by atoms with E-state index in [4.69, 9.17) is 23.2 Å². The van der Waals surface area contributed by atoms with Gasteiger partial charge in [0.05, 0.1) is 29.6 Å². The summed E-state index contributed by atoms with van der Waals surface area (Å²) in [5.74, 6) is -0.420. The first-order valence-corrected chi connectivity index (χ1v) is 8.00. The van der Waals surface area contributed by atoms with Crippen LogP contribution in [-0.2, 0) is 20.8 Å². The molecule has 2 aliphatic rings. The molecule has 1 N–H and O–H groups in total. The summed E-state index contributed by atoms with van der Waals surface area (Å²) < 4.78 is 0. The van der Waals surface area contributed by atoms with E-state index in [0.29, 0.717) is 23.1 Å². The van der Waals surface area contributed by atoms with Crippen molar-refractivity contribution in [1.29, 1.82) is 0 Å². The van der Waals surface area contributed by atoms with Gasteiger partial charge in [0.1, 0.15) is 6.04 Å². The molecule has 1 aromatic rings. The highest BCUT2D eigenvalue weighted by atomic mass is 35.5. The Balaban J connectivity index is 1.67. The molecule has 2 saturated heterocycles. The normalized spacial score (nSPS) is 21.0. The summed E-state index contributed by atoms with van der Waals surface area (Å²) in [6.07, 6.45) is 0.180. The van der Waals surface area contributed by atoms with Gasteiger partial charge >= 0.3 is 0 Å². The maximum absolute atomic E-state index is 12.4. The molecule has 1 aromatic carbocycles. The van der Waals surface area contributed by atoms with E-state index in [2.05, 4.69) is 5.32 Å². The van der Waals surface area contributed by atoms with Crippen molar-refractivity contribution in [3.63, 3.8) is 0 Å². The van der Waals surface area contributed by atoms with Gasteiger partial charge < -0.3 is 15.1 Å². The zero-order chi connectivity index (χ0) is 16.6. The molecule has 1 atom stereocenters. The van der Waals surface area contributed by atoms with Gasteiger partial charge in [-0.25, -0.2) is 0 Å². The van der Waals surface area contributed by atoms with E-state index < -0.39 is 6.04 Å². The fourth-order valence-corrected chi connectivity index (χ4v) is 3.17. The Hall–Kier alpha value is -1.79. The van der Waals surface area contributed by atoms with E-state index in [-0.39, 0.29) is 37.2 Å². The Bertz CT molecular complexity index is 680. The van der Waals surface area contributed by atoms with Gasteiger partial charge in [-0.3, -0.25) is 14.4 Å². The van der Waals surface area contributed by atoms with Crippen molar-refractivity contribution < 1.29 is 14.4 Å². The second-order valence-corrected chi connectivity index (χ2v) is 6.40. The first-order chi connectivity index (χ1) is 11.0. The molecular formula is C15H15Cl2N3O3. The lowest BCUT2D eigenvalue weighted by atomic mass is 10.1. The van der Waals surface area contributed by atoms with Crippen LogP contribution in [0.25, 0.3) is 0 Å². The second kappa shape index (κ2) is 6.37. The van der Waals surface area contributed by atoms with Crippen LogP contribution in [0.3, 0.4) is 0 Å². The van der Waals surface area contributed by atoms with E-state index in [1.165, 1.54) is 0 Å². The van der Waals surface area contributed by atoms with Gasteiger partial charge in [0.2, 0.25) is 17.7 Å². The number of hydrogen-bond acceptors (Lipinski definition) is 3. The highest BCUT2D eigenvalue weighted by molar-refractivity contribution is 6.42. The van der Waals surface area contributed by atoms with Crippen LogP contribution in [0.4, 0.5) is 0 Å². The smallest absolute Gasteiger partial charge is 0.245 e. The lowest BCUT2D eigenvalue weighted by Gasteiger charge is -2.42. The summed E-state index contributed by atoms with van der Waals surface area (Å²) in [4.78, 5) is 39.3. The van der Waals surface area contributed by atoms with Crippen LogP contribution >= 0.6 is 23.2 Å². The third kappa shape index (κ3) is 3.28. The molecule has 0 radical (unpaired) electrons. The molecule has 2 fully saturated rings. The van der Waals surface area contributed by atoms with Crippen LogP contribution in [0.2, 0.25) is 10.0 Å². The molecule has 2 aliphatic heterocycles. The van der Waals surface area contributed by atoms with Crippen LogP contribution in [0, 0.1) is 0 Å². The molecule has 0 bridgehead atoms. The number of piperazine rings is 2. The highest BCUT2D eigenvalue weighted by Gasteiger charge is 2.39. The molecule has 0 saturated carbocycles. The second-order valence-electron chi connectivity index (χ2n) is 5.59. The standard InChI is InChI=1S/C15H15Cl2N3O3/c16-10-2-1-9(5-11(10)17)6-13(21)19-3-4-20-12(8-19)15(23)18-7-14(20)22/h1-2,5,12H,3-4,6-8H2,(H,18,23)/t12-/m1/s1. The van der Waals surface area contributed by atoms with Crippen LogP contribution in [0.15, 0.2) is 18.2 Å². The lowest BCUT2D eigenvalue weighted by Crippen LogP contribution is -2.66. The number of nitrogens with one attached hydrogen (secondary N) is 1. The molecule has 6 nitrogen and oxygen atoms in total. The molecule has 0 spiro atoms. The Kier molecular flexibility index (Phi) is 4.46. The molecule has 23 heavy (non-hydrogen) atoms. The number of amides is 3. The summed E-state index contributed by atoms with van der Waals surface area (Å²) >= 11 is 11.8. The van der Waals surface area contributed by atoms with Crippen molar-refractivity contribution >= 4 is 40.9 Å². The van der Waals surface area contributed by atoms with Crippen molar-refractivity contribution in [1.82, 2.24) is 15.1 Å². The molecule has 3 rings (SSSR count). The lowest BCUT2D eigenvalue weighted by molar-refractivity contribution is -0.152. The summed E-state index contributed by atoms with van der Waals surface area (Å²) in [6.45, 7) is 1.06. The summed E-state index contributed by atoms with van der Waals surface area (Å²) in [5.41, 5.74) is 0.760. The van der Waals surface area contributed by atoms with Crippen LogP contribution in [0.5, 0.6) is 0 Å². The first-order valence-electron chi connectivity index (χ1n) is 7.24. The van der Waals surface area contributed by atoms with Gasteiger partial charge in [0.15, 0.2) is 0 Å². The SMILES string of the molecule is O=C1NCC(=O)N2CCN(C(=O)Cc3ccc(Cl)c(Cl)c3)C[C@H]12. The summed E-state index contributed by atoms with van der Waals surface area (Å²) in [7, 11) is 0. The van der Waals surface area contributed by atoms with Crippen molar-refractivity contribution in [2.45, 2.75) is 12.5 Å². The third-order valence-electron chi connectivity index (χ3n) is 4.11. The zero-order valence-electron chi connectivity index (χ0n) is 12.2. The maximum Gasteiger partial charge on any atom is 0.245 e. The number of fused-ring (bicyclic) bond motifs is 1. The van der Waals surface area contributed by atoms with Crippen molar-refractivity contribution in [2.75, 3.05) is 26.2 Å². The van der Waals surface area contributed by atoms with Crippen LogP contribution in [-0.4, -0.2) is 59.7 Å².